The number of rotatable bonds is 4. The molecule has 1 atom stereocenters. The van der Waals surface area contributed by atoms with Gasteiger partial charge >= 0.3 is 0 Å². The SMILES string of the molecule is CCCC1CCC(OCC)=CC1=O. The first kappa shape index (κ1) is 10.3. The van der Waals surface area contributed by atoms with Crippen molar-refractivity contribution in [2.24, 2.45) is 5.92 Å². The van der Waals surface area contributed by atoms with Gasteiger partial charge in [0.15, 0.2) is 5.78 Å². The molecule has 0 fully saturated rings. The zero-order valence-electron chi connectivity index (χ0n) is 8.51. The summed E-state index contributed by atoms with van der Waals surface area (Å²) in [6.45, 7) is 4.73. The molecule has 0 saturated carbocycles. The molecule has 1 aliphatic carbocycles. The van der Waals surface area contributed by atoms with Gasteiger partial charge in [-0.05, 0) is 19.8 Å². The topological polar surface area (TPSA) is 26.3 Å². The van der Waals surface area contributed by atoms with Crippen LogP contribution in [0.4, 0.5) is 0 Å². The van der Waals surface area contributed by atoms with Crippen molar-refractivity contribution >= 4 is 5.78 Å². The van der Waals surface area contributed by atoms with Crippen LogP contribution in [0.25, 0.3) is 0 Å². The van der Waals surface area contributed by atoms with E-state index in [-0.39, 0.29) is 11.7 Å². The lowest BCUT2D eigenvalue weighted by molar-refractivity contribution is -0.119. The number of ether oxygens (including phenoxy) is 1. The van der Waals surface area contributed by atoms with Gasteiger partial charge in [0, 0.05) is 18.4 Å². The van der Waals surface area contributed by atoms with E-state index in [1.54, 1.807) is 6.08 Å². The number of carbonyl (C=O) groups is 1. The average Bonchev–Trinajstić information content (AvgIpc) is 2.10. The Morgan fingerprint density at radius 3 is 2.85 bits per heavy atom. The van der Waals surface area contributed by atoms with Crippen molar-refractivity contribution in [1.82, 2.24) is 0 Å². The highest BCUT2D eigenvalue weighted by molar-refractivity contribution is 5.92. The number of hydrogen-bond donors (Lipinski definition) is 0. The van der Waals surface area contributed by atoms with Crippen molar-refractivity contribution in [3.8, 4) is 0 Å². The minimum absolute atomic E-state index is 0.259. The van der Waals surface area contributed by atoms with Gasteiger partial charge in [0.1, 0.15) is 0 Å². The quantitative estimate of drug-likeness (QED) is 0.668. The number of carbonyl (C=O) groups excluding carboxylic acids is 1. The van der Waals surface area contributed by atoms with Crippen LogP contribution >= 0.6 is 0 Å². The molecule has 2 nitrogen and oxygen atoms in total. The lowest BCUT2D eigenvalue weighted by Gasteiger charge is -2.19. The van der Waals surface area contributed by atoms with E-state index in [1.165, 1.54) is 0 Å². The molecular weight excluding hydrogens is 164 g/mol. The first-order valence-corrected chi connectivity index (χ1v) is 5.15. The van der Waals surface area contributed by atoms with Crippen LogP contribution in [-0.2, 0) is 9.53 Å². The van der Waals surface area contributed by atoms with Gasteiger partial charge in [0.2, 0.25) is 0 Å². The van der Waals surface area contributed by atoms with E-state index in [1.807, 2.05) is 6.92 Å². The van der Waals surface area contributed by atoms with Crippen LogP contribution in [0.5, 0.6) is 0 Å². The fraction of sp³-hybridized carbons (Fsp3) is 0.727. The van der Waals surface area contributed by atoms with Crippen molar-refractivity contribution in [3.05, 3.63) is 11.8 Å². The summed E-state index contributed by atoms with van der Waals surface area (Å²) < 4.78 is 5.32. The fourth-order valence-corrected chi connectivity index (χ4v) is 1.74. The third kappa shape index (κ3) is 2.87. The van der Waals surface area contributed by atoms with Gasteiger partial charge in [0.05, 0.1) is 12.4 Å². The Hall–Kier alpha value is -0.790. The first-order valence-electron chi connectivity index (χ1n) is 5.15. The lowest BCUT2D eigenvalue weighted by Crippen LogP contribution is -2.18. The summed E-state index contributed by atoms with van der Waals surface area (Å²) in [6.07, 6.45) is 5.71. The summed E-state index contributed by atoms with van der Waals surface area (Å²) in [5.74, 6) is 1.39. The monoisotopic (exact) mass is 182 g/mol. The molecular formula is C11H18O2. The summed E-state index contributed by atoms with van der Waals surface area (Å²) >= 11 is 0. The molecule has 0 saturated heterocycles. The van der Waals surface area contributed by atoms with Crippen molar-refractivity contribution in [2.75, 3.05) is 6.61 Å². The summed E-state index contributed by atoms with van der Waals surface area (Å²) in [4.78, 5) is 11.5. The Morgan fingerprint density at radius 2 is 2.31 bits per heavy atom. The van der Waals surface area contributed by atoms with Crippen molar-refractivity contribution in [1.29, 1.82) is 0 Å². The normalized spacial score (nSPS) is 22.8. The molecule has 0 aromatic heterocycles. The summed E-state index contributed by atoms with van der Waals surface area (Å²) in [5, 5.41) is 0. The standard InChI is InChI=1S/C11H18O2/c1-3-5-9-6-7-10(13-4-2)8-11(9)12/h8-9H,3-7H2,1-2H3. The molecule has 0 N–H and O–H groups in total. The Morgan fingerprint density at radius 1 is 1.54 bits per heavy atom. The Labute approximate surface area is 80.0 Å². The molecule has 1 rings (SSSR count). The van der Waals surface area contributed by atoms with Crippen LogP contribution in [-0.4, -0.2) is 12.4 Å². The zero-order chi connectivity index (χ0) is 9.68. The molecule has 0 aromatic rings. The van der Waals surface area contributed by atoms with E-state index < -0.39 is 0 Å². The lowest BCUT2D eigenvalue weighted by atomic mass is 9.88. The number of allylic oxidation sites excluding steroid dienone is 2. The predicted molar refractivity (Wildman–Crippen MR) is 52.3 cm³/mol. The van der Waals surface area contributed by atoms with Crippen molar-refractivity contribution in [3.63, 3.8) is 0 Å². The fourth-order valence-electron chi connectivity index (χ4n) is 1.74. The third-order valence-corrected chi connectivity index (χ3v) is 2.41. The van der Waals surface area contributed by atoms with Crippen molar-refractivity contribution < 1.29 is 9.53 Å². The molecule has 74 valence electrons. The van der Waals surface area contributed by atoms with Gasteiger partial charge in [-0.3, -0.25) is 4.79 Å². The highest BCUT2D eigenvalue weighted by Crippen LogP contribution is 2.24. The molecule has 0 aliphatic heterocycles. The Balaban J connectivity index is 2.50. The molecule has 13 heavy (non-hydrogen) atoms. The van der Waals surface area contributed by atoms with E-state index >= 15 is 0 Å². The molecule has 1 aliphatic rings. The van der Waals surface area contributed by atoms with E-state index in [9.17, 15) is 4.79 Å². The molecule has 0 spiro atoms. The Bertz CT molecular complexity index is 206. The maximum atomic E-state index is 11.5. The predicted octanol–water partition coefficient (Wildman–Crippen LogP) is 2.69. The average molecular weight is 182 g/mol. The summed E-state index contributed by atoms with van der Waals surface area (Å²) in [7, 11) is 0. The minimum atomic E-state index is 0.259. The van der Waals surface area contributed by atoms with E-state index in [2.05, 4.69) is 6.92 Å². The molecule has 1 unspecified atom stereocenters. The van der Waals surface area contributed by atoms with Crippen molar-refractivity contribution in [2.45, 2.75) is 39.5 Å². The van der Waals surface area contributed by atoms with Gasteiger partial charge in [0.25, 0.3) is 0 Å². The van der Waals surface area contributed by atoms with Gasteiger partial charge in [-0.1, -0.05) is 13.3 Å². The van der Waals surface area contributed by atoms with E-state index in [0.717, 1.165) is 31.4 Å². The molecule has 0 aromatic carbocycles. The maximum Gasteiger partial charge on any atom is 0.162 e. The van der Waals surface area contributed by atoms with Crippen LogP contribution in [0.2, 0.25) is 0 Å². The number of hydrogen-bond acceptors (Lipinski definition) is 2. The van der Waals surface area contributed by atoms with Gasteiger partial charge in [-0.15, -0.1) is 0 Å². The maximum absolute atomic E-state index is 11.5. The van der Waals surface area contributed by atoms with Gasteiger partial charge in [-0.2, -0.15) is 0 Å². The van der Waals surface area contributed by atoms with Crippen LogP contribution in [0, 0.1) is 5.92 Å². The molecule has 0 heterocycles. The minimum Gasteiger partial charge on any atom is -0.498 e. The Kier molecular flexibility index (Phi) is 4.00. The highest BCUT2D eigenvalue weighted by Gasteiger charge is 2.21. The number of ketones is 1. The molecule has 2 heteroatoms. The van der Waals surface area contributed by atoms with Crippen LogP contribution in [0.3, 0.4) is 0 Å². The highest BCUT2D eigenvalue weighted by atomic mass is 16.5. The van der Waals surface area contributed by atoms with Crippen LogP contribution < -0.4 is 0 Å². The second kappa shape index (κ2) is 5.05. The zero-order valence-corrected chi connectivity index (χ0v) is 8.51. The molecule has 0 bridgehead atoms. The smallest absolute Gasteiger partial charge is 0.162 e. The summed E-state index contributed by atoms with van der Waals surface area (Å²) in [6, 6.07) is 0. The summed E-state index contributed by atoms with van der Waals surface area (Å²) in [5.41, 5.74) is 0. The van der Waals surface area contributed by atoms with E-state index in [0.29, 0.717) is 6.61 Å². The second-order valence-electron chi connectivity index (χ2n) is 3.47. The first-order chi connectivity index (χ1) is 6.27. The van der Waals surface area contributed by atoms with Gasteiger partial charge < -0.3 is 4.74 Å². The molecule has 0 amide bonds. The van der Waals surface area contributed by atoms with Crippen LogP contribution in [0.15, 0.2) is 11.8 Å². The van der Waals surface area contributed by atoms with Gasteiger partial charge in [-0.25, -0.2) is 0 Å². The largest absolute Gasteiger partial charge is 0.498 e. The van der Waals surface area contributed by atoms with Crippen LogP contribution in [0.1, 0.15) is 39.5 Å². The second-order valence-corrected chi connectivity index (χ2v) is 3.47. The van der Waals surface area contributed by atoms with E-state index in [4.69, 9.17) is 4.74 Å². The molecule has 0 radical (unpaired) electrons. The third-order valence-electron chi connectivity index (χ3n) is 2.41.